The summed E-state index contributed by atoms with van der Waals surface area (Å²) in [6, 6.07) is 16.8. The zero-order valence-electron chi connectivity index (χ0n) is 19.5. The Bertz CT molecular complexity index is 1170. The highest BCUT2D eigenvalue weighted by atomic mass is 19.4. The summed E-state index contributed by atoms with van der Waals surface area (Å²) in [5, 5.41) is 2.61. The van der Waals surface area contributed by atoms with E-state index in [2.05, 4.69) is 9.88 Å². The van der Waals surface area contributed by atoms with Crippen LogP contribution in [0.2, 0.25) is 0 Å². The van der Waals surface area contributed by atoms with E-state index in [1.54, 1.807) is 18.7 Å². The second-order valence-corrected chi connectivity index (χ2v) is 8.75. The van der Waals surface area contributed by atoms with Gasteiger partial charge < -0.3 is 19.7 Å². The van der Waals surface area contributed by atoms with Crippen LogP contribution in [0, 0.1) is 0 Å². The number of nitrogens with zero attached hydrogens (tertiary/aromatic N) is 3. The molecule has 184 valence electrons. The van der Waals surface area contributed by atoms with Crippen molar-refractivity contribution in [3.63, 3.8) is 0 Å². The van der Waals surface area contributed by atoms with E-state index in [-0.39, 0.29) is 30.2 Å². The molecular weight excluding hydrogens is 457 g/mol. The number of rotatable bonds is 5. The molecule has 0 aliphatic carbocycles. The van der Waals surface area contributed by atoms with E-state index in [1.165, 1.54) is 17.0 Å². The Morgan fingerprint density at radius 2 is 1.69 bits per heavy atom. The van der Waals surface area contributed by atoms with Crippen LogP contribution in [0.1, 0.15) is 36.7 Å². The Labute approximate surface area is 201 Å². The fourth-order valence-electron chi connectivity index (χ4n) is 4.30. The van der Waals surface area contributed by atoms with Crippen molar-refractivity contribution in [2.24, 2.45) is 0 Å². The van der Waals surface area contributed by atoms with Gasteiger partial charge in [-0.15, -0.1) is 0 Å². The normalized spacial score (nSPS) is 15.6. The van der Waals surface area contributed by atoms with Gasteiger partial charge in [-0.3, -0.25) is 4.79 Å². The van der Waals surface area contributed by atoms with E-state index in [0.717, 1.165) is 23.4 Å². The van der Waals surface area contributed by atoms with Crippen molar-refractivity contribution in [1.29, 1.82) is 0 Å². The molecule has 0 bridgehead atoms. The maximum Gasteiger partial charge on any atom is 0.416 e. The molecule has 1 aliphatic rings. The highest BCUT2D eigenvalue weighted by molar-refractivity contribution is 5.92. The third-order valence-corrected chi connectivity index (χ3v) is 6.13. The summed E-state index contributed by atoms with van der Waals surface area (Å²) in [4.78, 5) is 29.7. The number of halogens is 3. The predicted octanol–water partition coefficient (Wildman–Crippen LogP) is 5.38. The fourth-order valence-corrected chi connectivity index (χ4v) is 4.30. The molecular formula is C26H27F3N4O2. The van der Waals surface area contributed by atoms with Crippen molar-refractivity contribution in [3.8, 4) is 0 Å². The average Bonchev–Trinajstić information content (AvgIpc) is 3.30. The van der Waals surface area contributed by atoms with E-state index in [9.17, 15) is 22.8 Å². The first kappa shape index (κ1) is 24.4. The molecule has 2 heterocycles. The van der Waals surface area contributed by atoms with Crippen LogP contribution in [0.3, 0.4) is 0 Å². The molecule has 1 N–H and O–H groups in total. The van der Waals surface area contributed by atoms with Crippen LogP contribution in [0.4, 0.5) is 23.7 Å². The van der Waals surface area contributed by atoms with E-state index in [4.69, 9.17) is 0 Å². The molecule has 1 atom stereocenters. The van der Waals surface area contributed by atoms with Gasteiger partial charge in [-0.25, -0.2) is 4.79 Å². The third kappa shape index (κ3) is 5.34. The molecule has 9 heteroatoms. The Morgan fingerprint density at radius 1 is 1.00 bits per heavy atom. The number of anilines is 1. The lowest BCUT2D eigenvalue weighted by Crippen LogP contribution is -2.50. The summed E-state index contributed by atoms with van der Waals surface area (Å²) in [5.41, 5.74) is 1.40. The van der Waals surface area contributed by atoms with E-state index in [1.807, 2.05) is 48.7 Å². The molecule has 35 heavy (non-hydrogen) atoms. The van der Waals surface area contributed by atoms with Gasteiger partial charge in [-0.2, -0.15) is 13.2 Å². The molecule has 1 aromatic heterocycles. The Hall–Kier alpha value is -3.75. The van der Waals surface area contributed by atoms with Crippen LogP contribution in [0.5, 0.6) is 0 Å². The van der Waals surface area contributed by atoms with Gasteiger partial charge in [0.2, 0.25) is 5.91 Å². The number of amides is 3. The summed E-state index contributed by atoms with van der Waals surface area (Å²) in [5.74, 6) is -0.206. The lowest BCUT2D eigenvalue weighted by molar-refractivity contribution is -0.137. The number of urea groups is 1. The predicted molar refractivity (Wildman–Crippen MR) is 127 cm³/mol. The number of hydrogen-bond acceptors (Lipinski definition) is 2. The van der Waals surface area contributed by atoms with Crippen molar-refractivity contribution in [2.45, 2.75) is 38.7 Å². The maximum absolute atomic E-state index is 13.5. The average molecular weight is 485 g/mol. The summed E-state index contributed by atoms with van der Waals surface area (Å²) < 4.78 is 40.6. The summed E-state index contributed by atoms with van der Waals surface area (Å²) >= 11 is 0. The summed E-state index contributed by atoms with van der Waals surface area (Å²) in [6.07, 6.45) is -2.46. The van der Waals surface area contributed by atoms with Crippen LogP contribution < -0.4 is 5.32 Å². The highest BCUT2D eigenvalue weighted by Gasteiger charge is 2.34. The number of benzene rings is 2. The van der Waals surface area contributed by atoms with Crippen LogP contribution in [0.15, 0.2) is 72.9 Å². The second kappa shape index (κ2) is 9.85. The molecule has 0 fully saturated rings. The lowest BCUT2D eigenvalue weighted by Gasteiger charge is -2.39. The number of carbonyl (C=O) groups is 2. The van der Waals surface area contributed by atoms with Gasteiger partial charge in [-0.05, 0) is 55.8 Å². The Kier molecular flexibility index (Phi) is 6.86. The van der Waals surface area contributed by atoms with E-state index in [0.29, 0.717) is 13.1 Å². The van der Waals surface area contributed by atoms with Crippen molar-refractivity contribution < 1.29 is 22.8 Å². The van der Waals surface area contributed by atoms with Crippen LogP contribution >= 0.6 is 0 Å². The first-order valence-electron chi connectivity index (χ1n) is 11.4. The van der Waals surface area contributed by atoms with Gasteiger partial charge in [0.15, 0.2) is 0 Å². The smallest absolute Gasteiger partial charge is 0.348 e. The number of carbonyl (C=O) groups excluding carboxylic acids is 2. The minimum absolute atomic E-state index is 0.159. The lowest BCUT2D eigenvalue weighted by atomic mass is 10.00. The van der Waals surface area contributed by atoms with Gasteiger partial charge in [0, 0.05) is 36.7 Å². The molecule has 0 saturated heterocycles. The van der Waals surface area contributed by atoms with Crippen molar-refractivity contribution in [2.75, 3.05) is 18.4 Å². The molecule has 3 amide bonds. The van der Waals surface area contributed by atoms with Crippen LogP contribution in [-0.4, -0.2) is 45.4 Å². The number of nitrogens with one attached hydrogen (secondary N) is 1. The zero-order chi connectivity index (χ0) is 25.2. The van der Waals surface area contributed by atoms with Gasteiger partial charge in [0.25, 0.3) is 0 Å². The van der Waals surface area contributed by atoms with Gasteiger partial charge in [0.05, 0.1) is 11.6 Å². The van der Waals surface area contributed by atoms with E-state index >= 15 is 0 Å². The van der Waals surface area contributed by atoms with Crippen LogP contribution in [0.25, 0.3) is 0 Å². The van der Waals surface area contributed by atoms with Gasteiger partial charge in [0.1, 0.15) is 6.54 Å². The minimum atomic E-state index is -4.46. The van der Waals surface area contributed by atoms with Gasteiger partial charge in [-0.1, -0.05) is 30.3 Å². The number of alkyl halides is 3. The standard InChI is InChI=1S/C26H27F3N4O2/c1-18(2)33(25(35)30-21-12-10-20(11-13-21)26(27,28)29)17-23(34)32-16-15-31-14-6-9-22(31)24(32)19-7-4-3-5-8-19/h3-14,18,24H,15-17H2,1-2H3,(H,30,35)/t24-/m0/s1. The SMILES string of the molecule is CC(C)N(CC(=O)N1CCn2cccc2[C@@H]1c1ccccc1)C(=O)Nc1ccc(C(F)(F)F)cc1. The largest absolute Gasteiger partial charge is 0.416 e. The number of fused-ring (bicyclic) bond motifs is 1. The van der Waals surface area contributed by atoms with Crippen molar-refractivity contribution >= 4 is 17.6 Å². The van der Waals surface area contributed by atoms with Gasteiger partial charge >= 0.3 is 12.2 Å². The summed E-state index contributed by atoms with van der Waals surface area (Å²) in [7, 11) is 0. The van der Waals surface area contributed by atoms with Crippen LogP contribution in [-0.2, 0) is 17.5 Å². The fraction of sp³-hybridized carbons (Fsp3) is 0.308. The zero-order valence-corrected chi connectivity index (χ0v) is 19.5. The molecule has 3 aromatic rings. The molecule has 2 aromatic carbocycles. The minimum Gasteiger partial charge on any atom is -0.348 e. The first-order chi connectivity index (χ1) is 16.6. The highest BCUT2D eigenvalue weighted by Crippen LogP contribution is 2.33. The summed E-state index contributed by atoms with van der Waals surface area (Å²) in [6.45, 7) is 4.56. The molecule has 0 unspecified atom stereocenters. The topological polar surface area (TPSA) is 57.6 Å². The third-order valence-electron chi connectivity index (χ3n) is 6.13. The molecule has 0 spiro atoms. The Morgan fingerprint density at radius 3 is 2.31 bits per heavy atom. The molecule has 4 rings (SSSR count). The van der Waals surface area contributed by atoms with Crippen molar-refractivity contribution in [3.05, 3.63) is 89.7 Å². The molecule has 0 radical (unpaired) electrons. The number of aromatic nitrogens is 1. The monoisotopic (exact) mass is 484 g/mol. The second-order valence-electron chi connectivity index (χ2n) is 8.75. The molecule has 6 nitrogen and oxygen atoms in total. The van der Waals surface area contributed by atoms with E-state index < -0.39 is 17.8 Å². The number of hydrogen-bond donors (Lipinski definition) is 1. The molecule has 1 aliphatic heterocycles. The Balaban J connectivity index is 1.51. The molecule has 0 saturated carbocycles. The maximum atomic E-state index is 13.5. The first-order valence-corrected chi connectivity index (χ1v) is 11.4. The van der Waals surface area contributed by atoms with Crippen molar-refractivity contribution in [1.82, 2.24) is 14.4 Å². The quantitative estimate of drug-likeness (QED) is 0.529.